The van der Waals surface area contributed by atoms with Gasteiger partial charge in [0.2, 0.25) is 5.95 Å². The van der Waals surface area contributed by atoms with Gasteiger partial charge in [-0.2, -0.15) is 18.2 Å². The number of halogens is 3. The van der Waals surface area contributed by atoms with E-state index >= 15 is 0 Å². The average molecular weight is 386 g/mol. The van der Waals surface area contributed by atoms with E-state index in [2.05, 4.69) is 20.6 Å². The predicted octanol–water partition coefficient (Wildman–Crippen LogP) is 3.15. The van der Waals surface area contributed by atoms with Crippen LogP contribution in [0.1, 0.15) is 17.7 Å². The van der Waals surface area contributed by atoms with Crippen molar-refractivity contribution in [1.29, 1.82) is 0 Å². The van der Waals surface area contributed by atoms with Gasteiger partial charge in [-0.1, -0.05) is 0 Å². The number of aryl methyl sites for hydroxylation is 1. The molecule has 1 aliphatic rings. The van der Waals surface area contributed by atoms with Crippen LogP contribution in [0.3, 0.4) is 0 Å². The summed E-state index contributed by atoms with van der Waals surface area (Å²) in [4.78, 5) is 8.46. The second-order valence-electron chi connectivity index (χ2n) is 6.16. The van der Waals surface area contributed by atoms with E-state index in [0.29, 0.717) is 23.6 Å². The predicted molar refractivity (Wildman–Crippen MR) is 92.2 cm³/mol. The van der Waals surface area contributed by atoms with E-state index in [1.807, 2.05) is 0 Å². The summed E-state index contributed by atoms with van der Waals surface area (Å²) >= 11 is 0. The maximum absolute atomic E-state index is 12.6. The van der Waals surface area contributed by atoms with Crippen molar-refractivity contribution in [2.24, 2.45) is 0 Å². The van der Waals surface area contributed by atoms with Gasteiger partial charge in [0.1, 0.15) is 5.82 Å². The first-order valence-corrected chi connectivity index (χ1v) is 9.70. The third-order valence-corrected chi connectivity index (χ3v) is 5.67. The fraction of sp³-hybridized carbons (Fsp3) is 0.375. The van der Waals surface area contributed by atoms with Gasteiger partial charge in [0.25, 0.3) is 0 Å². The summed E-state index contributed by atoms with van der Waals surface area (Å²) in [6.45, 7) is 1.75. The molecule has 1 saturated heterocycles. The molecule has 1 fully saturated rings. The molecule has 0 amide bonds. The number of nitrogens with one attached hydrogen (secondary N) is 2. The van der Waals surface area contributed by atoms with E-state index in [0.717, 1.165) is 12.1 Å². The van der Waals surface area contributed by atoms with Gasteiger partial charge in [0.15, 0.2) is 9.84 Å². The Morgan fingerprint density at radius 2 is 1.85 bits per heavy atom. The van der Waals surface area contributed by atoms with Gasteiger partial charge in [-0.15, -0.1) is 0 Å². The van der Waals surface area contributed by atoms with Gasteiger partial charge >= 0.3 is 6.18 Å². The Hall–Kier alpha value is -2.36. The first-order valence-electron chi connectivity index (χ1n) is 7.88. The van der Waals surface area contributed by atoms with Crippen LogP contribution in [0.5, 0.6) is 0 Å². The molecule has 0 spiro atoms. The summed E-state index contributed by atoms with van der Waals surface area (Å²) < 4.78 is 60.9. The molecular formula is C16H17F3N4O2S. The lowest BCUT2D eigenvalue weighted by molar-refractivity contribution is -0.137. The lowest BCUT2D eigenvalue weighted by Crippen LogP contribution is -2.21. The minimum absolute atomic E-state index is 0.0533. The molecule has 140 valence electrons. The van der Waals surface area contributed by atoms with Gasteiger partial charge in [-0.3, -0.25) is 0 Å². The zero-order chi connectivity index (χ0) is 18.9. The van der Waals surface area contributed by atoms with Crippen molar-refractivity contribution >= 4 is 27.3 Å². The number of rotatable bonds is 4. The largest absolute Gasteiger partial charge is 0.416 e. The van der Waals surface area contributed by atoms with E-state index < -0.39 is 21.6 Å². The third kappa shape index (κ3) is 4.63. The number of sulfone groups is 1. The van der Waals surface area contributed by atoms with Gasteiger partial charge in [-0.25, -0.2) is 13.4 Å². The first-order chi connectivity index (χ1) is 12.1. The Morgan fingerprint density at radius 1 is 1.15 bits per heavy atom. The maximum atomic E-state index is 12.6. The molecule has 1 aromatic carbocycles. The molecule has 0 aliphatic carbocycles. The molecule has 1 atom stereocenters. The fourth-order valence-corrected chi connectivity index (χ4v) is 4.36. The van der Waals surface area contributed by atoms with E-state index in [1.165, 1.54) is 12.1 Å². The number of benzene rings is 1. The van der Waals surface area contributed by atoms with Crippen molar-refractivity contribution in [2.75, 3.05) is 22.1 Å². The van der Waals surface area contributed by atoms with Gasteiger partial charge in [0.05, 0.1) is 17.1 Å². The Kier molecular flexibility index (Phi) is 4.78. The second kappa shape index (κ2) is 6.75. The third-order valence-electron chi connectivity index (χ3n) is 3.91. The normalized spacial score (nSPS) is 19.3. The van der Waals surface area contributed by atoms with Crippen LogP contribution in [0.4, 0.5) is 30.6 Å². The van der Waals surface area contributed by atoms with Crippen LogP contribution in [0.15, 0.2) is 30.3 Å². The van der Waals surface area contributed by atoms with Crippen molar-refractivity contribution in [2.45, 2.75) is 25.6 Å². The lowest BCUT2D eigenvalue weighted by Gasteiger charge is -2.14. The highest BCUT2D eigenvalue weighted by Crippen LogP contribution is 2.30. The average Bonchev–Trinajstić information content (AvgIpc) is 2.85. The van der Waals surface area contributed by atoms with Crippen LogP contribution in [0.25, 0.3) is 0 Å². The smallest absolute Gasteiger partial charge is 0.366 e. The molecule has 6 nitrogen and oxygen atoms in total. The molecule has 2 aromatic rings. The molecular weight excluding hydrogens is 369 g/mol. The summed E-state index contributed by atoms with van der Waals surface area (Å²) in [6.07, 6.45) is -3.88. The summed E-state index contributed by atoms with van der Waals surface area (Å²) in [5.41, 5.74) is 0.314. The lowest BCUT2D eigenvalue weighted by atomic mass is 10.2. The van der Waals surface area contributed by atoms with Gasteiger partial charge in [-0.05, 0) is 37.6 Å². The van der Waals surface area contributed by atoms with Gasteiger partial charge in [0, 0.05) is 23.5 Å². The summed E-state index contributed by atoms with van der Waals surface area (Å²) in [5, 5.41) is 5.93. The Bertz CT molecular complexity index is 899. The van der Waals surface area contributed by atoms with Crippen LogP contribution < -0.4 is 10.6 Å². The van der Waals surface area contributed by atoms with Crippen molar-refractivity contribution in [3.63, 3.8) is 0 Å². The minimum Gasteiger partial charge on any atom is -0.366 e. The van der Waals surface area contributed by atoms with Crippen LogP contribution >= 0.6 is 0 Å². The van der Waals surface area contributed by atoms with E-state index in [1.54, 1.807) is 13.0 Å². The van der Waals surface area contributed by atoms with Crippen LogP contribution in [-0.4, -0.2) is 35.9 Å². The molecule has 0 saturated carbocycles. The highest BCUT2D eigenvalue weighted by molar-refractivity contribution is 7.91. The minimum atomic E-state index is -4.39. The summed E-state index contributed by atoms with van der Waals surface area (Å²) in [7, 11) is -3.01. The number of alkyl halides is 3. The quantitative estimate of drug-likeness (QED) is 0.840. The van der Waals surface area contributed by atoms with Crippen molar-refractivity contribution in [1.82, 2.24) is 9.97 Å². The van der Waals surface area contributed by atoms with E-state index in [4.69, 9.17) is 0 Å². The second-order valence-corrected chi connectivity index (χ2v) is 8.39. The highest BCUT2D eigenvalue weighted by Gasteiger charge is 2.30. The molecule has 1 aliphatic heterocycles. The van der Waals surface area contributed by atoms with E-state index in [9.17, 15) is 21.6 Å². The SMILES string of the molecule is Cc1cc(NC2CCS(=O)(=O)C2)nc(Nc2ccc(C(F)(F)F)cc2)n1. The number of hydrogen-bond acceptors (Lipinski definition) is 6. The molecule has 1 aromatic heterocycles. The molecule has 26 heavy (non-hydrogen) atoms. The molecule has 2 heterocycles. The first kappa shape index (κ1) is 18.4. The number of aromatic nitrogens is 2. The zero-order valence-electron chi connectivity index (χ0n) is 13.8. The summed E-state index contributed by atoms with van der Waals surface area (Å²) in [5.74, 6) is 0.880. The van der Waals surface area contributed by atoms with Crippen LogP contribution in [-0.2, 0) is 16.0 Å². The monoisotopic (exact) mass is 386 g/mol. The topological polar surface area (TPSA) is 84.0 Å². The standard InChI is InChI=1S/C16H17F3N4O2S/c1-10-8-14(21-13-6-7-26(24,25)9-13)23-15(20-10)22-12-4-2-11(3-5-12)16(17,18)19/h2-5,8,13H,6-7,9H2,1H3,(H2,20,21,22,23). The summed E-state index contributed by atoms with van der Waals surface area (Å²) in [6, 6.07) is 6.01. The molecule has 3 rings (SSSR count). The van der Waals surface area contributed by atoms with Crippen LogP contribution in [0.2, 0.25) is 0 Å². The van der Waals surface area contributed by atoms with Crippen molar-refractivity contribution in [3.8, 4) is 0 Å². The number of nitrogens with zero attached hydrogens (tertiary/aromatic N) is 2. The Labute approximate surface area is 148 Å². The zero-order valence-corrected chi connectivity index (χ0v) is 14.7. The molecule has 0 bridgehead atoms. The number of hydrogen-bond donors (Lipinski definition) is 2. The molecule has 0 radical (unpaired) electrons. The van der Waals surface area contributed by atoms with Crippen LogP contribution in [0, 0.1) is 6.92 Å². The van der Waals surface area contributed by atoms with Crippen molar-refractivity contribution in [3.05, 3.63) is 41.6 Å². The molecule has 10 heteroatoms. The highest BCUT2D eigenvalue weighted by atomic mass is 32.2. The van der Waals surface area contributed by atoms with Gasteiger partial charge < -0.3 is 10.6 Å². The molecule has 1 unspecified atom stereocenters. The molecule has 2 N–H and O–H groups in total. The Morgan fingerprint density at radius 3 is 2.42 bits per heavy atom. The Balaban J connectivity index is 1.73. The fourth-order valence-electron chi connectivity index (χ4n) is 2.69. The van der Waals surface area contributed by atoms with E-state index in [-0.39, 0.29) is 23.5 Å². The number of anilines is 3. The maximum Gasteiger partial charge on any atom is 0.416 e. The van der Waals surface area contributed by atoms with Crippen molar-refractivity contribution < 1.29 is 21.6 Å².